The first-order valence-electron chi connectivity index (χ1n) is 7.31. The largest absolute Gasteiger partial charge is 0.391 e. The first-order valence-corrected chi connectivity index (χ1v) is 7.31. The van der Waals surface area contributed by atoms with Crippen molar-refractivity contribution < 1.29 is 9.90 Å². The molecule has 2 atom stereocenters. The summed E-state index contributed by atoms with van der Waals surface area (Å²) in [6.45, 7) is 2.02. The summed E-state index contributed by atoms with van der Waals surface area (Å²) in [6, 6.07) is 18.3. The minimum absolute atomic E-state index is 0.167. The van der Waals surface area contributed by atoms with Gasteiger partial charge in [0.2, 0.25) is 0 Å². The van der Waals surface area contributed by atoms with Crippen LogP contribution in [-0.4, -0.2) is 17.1 Å². The molecule has 2 rings (SSSR count). The molecule has 0 aliphatic heterocycles. The van der Waals surface area contributed by atoms with Gasteiger partial charge in [-0.3, -0.25) is 4.79 Å². The molecule has 0 fully saturated rings. The average molecular weight is 283 g/mol. The lowest BCUT2D eigenvalue weighted by atomic mass is 9.98. The number of aliphatic hydroxyl groups excluding tert-OH is 1. The van der Waals surface area contributed by atoms with Crippen LogP contribution in [0.15, 0.2) is 60.7 Å². The number of nitrogens with one attached hydrogen (secondary N) is 1. The number of carbonyl (C=O) groups excluding carboxylic acids is 1. The van der Waals surface area contributed by atoms with Gasteiger partial charge in [-0.1, -0.05) is 61.9 Å². The molecule has 21 heavy (non-hydrogen) atoms. The van der Waals surface area contributed by atoms with Crippen molar-refractivity contribution >= 4 is 5.91 Å². The molecular formula is C18H21NO2. The van der Waals surface area contributed by atoms with Gasteiger partial charge in [0.05, 0.1) is 12.1 Å². The van der Waals surface area contributed by atoms with Gasteiger partial charge in [0.25, 0.3) is 5.91 Å². The average Bonchev–Trinajstić information content (AvgIpc) is 2.54. The molecule has 0 aliphatic carbocycles. The maximum Gasteiger partial charge on any atom is 0.251 e. The van der Waals surface area contributed by atoms with Gasteiger partial charge >= 0.3 is 0 Å². The van der Waals surface area contributed by atoms with Crippen LogP contribution in [0, 0.1) is 0 Å². The molecule has 0 unspecified atom stereocenters. The van der Waals surface area contributed by atoms with Crippen LogP contribution in [-0.2, 0) is 0 Å². The molecule has 0 radical (unpaired) electrons. The van der Waals surface area contributed by atoms with Crippen LogP contribution >= 0.6 is 0 Å². The Kier molecular flexibility index (Phi) is 5.52. The van der Waals surface area contributed by atoms with E-state index in [9.17, 15) is 9.90 Å². The lowest BCUT2D eigenvalue weighted by molar-refractivity contribution is 0.0811. The highest BCUT2D eigenvalue weighted by atomic mass is 16.3. The van der Waals surface area contributed by atoms with Crippen molar-refractivity contribution in [1.29, 1.82) is 0 Å². The standard InChI is InChI=1S/C18H21NO2/c1-2-9-16(20)17(14-10-5-3-6-11-14)19-18(21)15-12-7-4-8-13-15/h3-8,10-13,16-17,20H,2,9H2,1H3,(H,19,21)/t16-,17+/m0/s1. The Bertz CT molecular complexity index is 554. The van der Waals surface area contributed by atoms with Crippen LogP contribution in [0.2, 0.25) is 0 Å². The number of benzene rings is 2. The molecular weight excluding hydrogens is 262 g/mol. The topological polar surface area (TPSA) is 49.3 Å². The second kappa shape index (κ2) is 7.60. The quantitative estimate of drug-likeness (QED) is 0.854. The molecule has 0 bridgehead atoms. The van der Waals surface area contributed by atoms with E-state index in [0.29, 0.717) is 12.0 Å². The van der Waals surface area contributed by atoms with Crippen LogP contribution in [0.3, 0.4) is 0 Å². The van der Waals surface area contributed by atoms with Gasteiger partial charge in [-0.2, -0.15) is 0 Å². The van der Waals surface area contributed by atoms with Crippen LogP contribution in [0.4, 0.5) is 0 Å². The van der Waals surface area contributed by atoms with Crippen molar-refractivity contribution in [3.05, 3.63) is 71.8 Å². The summed E-state index contributed by atoms with van der Waals surface area (Å²) in [6.07, 6.45) is 0.922. The Morgan fingerprint density at radius 2 is 1.62 bits per heavy atom. The zero-order valence-electron chi connectivity index (χ0n) is 12.2. The van der Waals surface area contributed by atoms with Crippen LogP contribution in [0.1, 0.15) is 41.7 Å². The summed E-state index contributed by atoms with van der Waals surface area (Å²) in [4.78, 5) is 12.3. The van der Waals surface area contributed by atoms with E-state index in [4.69, 9.17) is 0 Å². The summed E-state index contributed by atoms with van der Waals surface area (Å²) in [5, 5.41) is 13.3. The first-order chi connectivity index (χ1) is 10.2. The number of hydrogen-bond donors (Lipinski definition) is 2. The monoisotopic (exact) mass is 283 g/mol. The number of amides is 1. The van der Waals surface area contributed by atoms with E-state index in [1.807, 2.05) is 55.5 Å². The van der Waals surface area contributed by atoms with Crippen LogP contribution in [0.5, 0.6) is 0 Å². The molecule has 3 heteroatoms. The van der Waals surface area contributed by atoms with Gasteiger partial charge in [-0.05, 0) is 24.1 Å². The van der Waals surface area contributed by atoms with E-state index >= 15 is 0 Å². The SMILES string of the molecule is CCC[C@H](O)[C@H](NC(=O)c1ccccc1)c1ccccc1. The molecule has 0 saturated carbocycles. The molecule has 0 saturated heterocycles. The van der Waals surface area contributed by atoms with Crippen molar-refractivity contribution in [1.82, 2.24) is 5.32 Å². The Balaban J connectivity index is 2.18. The van der Waals surface area contributed by atoms with Crippen molar-refractivity contribution in [2.75, 3.05) is 0 Å². The summed E-state index contributed by atoms with van der Waals surface area (Å²) < 4.78 is 0. The third-order valence-electron chi connectivity index (χ3n) is 3.45. The summed E-state index contributed by atoms with van der Waals surface area (Å²) in [5.41, 5.74) is 1.52. The van der Waals surface area contributed by atoms with Gasteiger partial charge in [0, 0.05) is 5.56 Å². The molecule has 3 nitrogen and oxygen atoms in total. The predicted octanol–water partition coefficient (Wildman–Crippen LogP) is 3.32. The number of aliphatic hydroxyl groups is 1. The molecule has 2 N–H and O–H groups in total. The van der Waals surface area contributed by atoms with E-state index in [-0.39, 0.29) is 11.9 Å². The summed E-state index contributed by atoms with van der Waals surface area (Å²) >= 11 is 0. The fraction of sp³-hybridized carbons (Fsp3) is 0.278. The minimum Gasteiger partial charge on any atom is -0.391 e. The fourth-order valence-corrected chi connectivity index (χ4v) is 2.34. The molecule has 1 amide bonds. The van der Waals surface area contributed by atoms with Gasteiger partial charge in [0.15, 0.2) is 0 Å². The summed E-state index contributed by atoms with van der Waals surface area (Å²) in [7, 11) is 0. The number of carbonyl (C=O) groups is 1. The Morgan fingerprint density at radius 3 is 2.19 bits per heavy atom. The van der Waals surface area contributed by atoms with Gasteiger partial charge in [-0.25, -0.2) is 0 Å². The number of hydrogen-bond acceptors (Lipinski definition) is 2. The van der Waals surface area contributed by atoms with Crippen molar-refractivity contribution in [3.63, 3.8) is 0 Å². The molecule has 0 aromatic heterocycles. The zero-order chi connectivity index (χ0) is 15.1. The molecule has 0 heterocycles. The highest BCUT2D eigenvalue weighted by Gasteiger charge is 2.22. The normalized spacial score (nSPS) is 13.4. The highest BCUT2D eigenvalue weighted by Crippen LogP contribution is 2.20. The van der Waals surface area contributed by atoms with Gasteiger partial charge in [-0.15, -0.1) is 0 Å². The Labute approximate surface area is 125 Å². The highest BCUT2D eigenvalue weighted by molar-refractivity contribution is 5.94. The third-order valence-corrected chi connectivity index (χ3v) is 3.45. The van der Waals surface area contributed by atoms with E-state index in [1.54, 1.807) is 12.1 Å². The van der Waals surface area contributed by atoms with Crippen molar-refractivity contribution in [3.8, 4) is 0 Å². The van der Waals surface area contributed by atoms with Crippen molar-refractivity contribution in [2.24, 2.45) is 0 Å². The van der Waals surface area contributed by atoms with Gasteiger partial charge in [0.1, 0.15) is 0 Å². The molecule has 0 aliphatic rings. The second-order valence-corrected chi connectivity index (χ2v) is 5.08. The predicted molar refractivity (Wildman–Crippen MR) is 84.0 cm³/mol. The van der Waals surface area contributed by atoms with Crippen LogP contribution in [0.25, 0.3) is 0 Å². The molecule has 0 spiro atoms. The second-order valence-electron chi connectivity index (χ2n) is 5.08. The molecule has 110 valence electrons. The lowest BCUT2D eigenvalue weighted by Gasteiger charge is -2.24. The van der Waals surface area contributed by atoms with E-state index in [2.05, 4.69) is 5.32 Å². The maximum absolute atomic E-state index is 12.3. The van der Waals surface area contributed by atoms with E-state index in [0.717, 1.165) is 12.0 Å². The Morgan fingerprint density at radius 1 is 1.05 bits per heavy atom. The molecule has 2 aromatic rings. The third kappa shape index (κ3) is 4.17. The van der Waals surface area contributed by atoms with Crippen molar-refractivity contribution in [2.45, 2.75) is 31.9 Å². The van der Waals surface area contributed by atoms with Crippen LogP contribution < -0.4 is 5.32 Å². The maximum atomic E-state index is 12.3. The van der Waals surface area contributed by atoms with Gasteiger partial charge < -0.3 is 10.4 Å². The lowest BCUT2D eigenvalue weighted by Crippen LogP contribution is -2.36. The Hall–Kier alpha value is -2.13. The molecule has 2 aromatic carbocycles. The zero-order valence-corrected chi connectivity index (χ0v) is 12.2. The minimum atomic E-state index is -0.593. The first kappa shape index (κ1) is 15.3. The smallest absolute Gasteiger partial charge is 0.251 e. The fourth-order valence-electron chi connectivity index (χ4n) is 2.34. The number of rotatable bonds is 6. The van der Waals surface area contributed by atoms with E-state index in [1.165, 1.54) is 0 Å². The van der Waals surface area contributed by atoms with E-state index < -0.39 is 6.10 Å². The summed E-state index contributed by atoms with van der Waals surface area (Å²) in [5.74, 6) is -0.167.